The number of hydrogen-bond acceptors (Lipinski definition) is 3. The van der Waals surface area contributed by atoms with E-state index in [-0.39, 0.29) is 30.1 Å². The minimum absolute atomic E-state index is 0.00715. The highest BCUT2D eigenvalue weighted by Gasteiger charge is 2.36. The van der Waals surface area contributed by atoms with E-state index in [1.54, 1.807) is 4.90 Å². The summed E-state index contributed by atoms with van der Waals surface area (Å²) in [5, 5.41) is 0. The molecule has 2 aliphatic rings. The lowest BCUT2D eigenvalue weighted by atomic mass is 10.1. The van der Waals surface area contributed by atoms with E-state index in [4.69, 9.17) is 0 Å². The maximum Gasteiger partial charge on any atom is 0.243 e. The van der Waals surface area contributed by atoms with E-state index < -0.39 is 5.92 Å². The summed E-state index contributed by atoms with van der Waals surface area (Å²) in [7, 11) is 0. The van der Waals surface area contributed by atoms with Crippen LogP contribution in [0.2, 0.25) is 0 Å². The Kier molecular flexibility index (Phi) is 5.18. The normalized spacial score (nSPS) is 21.1. The maximum atomic E-state index is 12.3. The highest BCUT2D eigenvalue weighted by molar-refractivity contribution is 9.10. The summed E-state index contributed by atoms with van der Waals surface area (Å²) in [5.74, 6) is -1.01. The zero-order chi connectivity index (χ0) is 17.1. The zero-order valence-electron chi connectivity index (χ0n) is 13.3. The van der Waals surface area contributed by atoms with Crippen LogP contribution in [0.5, 0.6) is 0 Å². The summed E-state index contributed by atoms with van der Waals surface area (Å²) in [6.45, 7) is 0.312. The quantitative estimate of drug-likeness (QED) is 0.772. The second kappa shape index (κ2) is 7.34. The molecule has 0 bridgehead atoms. The number of benzene rings is 1. The van der Waals surface area contributed by atoms with Gasteiger partial charge in [-0.2, -0.15) is 0 Å². The third-order valence-electron chi connectivity index (χ3n) is 4.67. The molecule has 6 nitrogen and oxygen atoms in total. The van der Waals surface area contributed by atoms with Crippen LogP contribution in [0, 0.1) is 11.8 Å². The van der Waals surface area contributed by atoms with Gasteiger partial charge in [0, 0.05) is 23.4 Å². The van der Waals surface area contributed by atoms with E-state index in [0.29, 0.717) is 6.54 Å². The summed E-state index contributed by atoms with van der Waals surface area (Å²) >= 11 is 3.43. The molecule has 7 heteroatoms. The molecule has 1 atom stereocenters. The number of halogens is 1. The van der Waals surface area contributed by atoms with Crippen LogP contribution in [0.4, 0.5) is 5.69 Å². The van der Waals surface area contributed by atoms with Gasteiger partial charge < -0.3 is 4.90 Å². The molecule has 0 radical (unpaired) electrons. The summed E-state index contributed by atoms with van der Waals surface area (Å²) < 4.78 is 0.814. The van der Waals surface area contributed by atoms with Crippen molar-refractivity contribution in [1.82, 2.24) is 10.9 Å². The van der Waals surface area contributed by atoms with Gasteiger partial charge in [-0.25, -0.2) is 0 Å². The number of para-hydroxylation sites is 1. The highest BCUT2D eigenvalue weighted by Crippen LogP contribution is 2.31. The number of amides is 3. The van der Waals surface area contributed by atoms with Crippen molar-refractivity contribution >= 4 is 39.3 Å². The van der Waals surface area contributed by atoms with Gasteiger partial charge in [-0.3, -0.25) is 25.2 Å². The van der Waals surface area contributed by atoms with Gasteiger partial charge in [0.1, 0.15) is 0 Å². The summed E-state index contributed by atoms with van der Waals surface area (Å²) in [5.41, 5.74) is 5.74. The van der Waals surface area contributed by atoms with Crippen molar-refractivity contribution in [3.63, 3.8) is 0 Å². The van der Waals surface area contributed by atoms with Crippen molar-refractivity contribution in [2.24, 2.45) is 11.8 Å². The second-order valence-electron chi connectivity index (χ2n) is 6.32. The predicted molar refractivity (Wildman–Crippen MR) is 92.8 cm³/mol. The molecule has 2 N–H and O–H groups in total. The van der Waals surface area contributed by atoms with Crippen molar-refractivity contribution in [3.8, 4) is 0 Å². The van der Waals surface area contributed by atoms with Crippen molar-refractivity contribution < 1.29 is 14.4 Å². The molecule has 128 valence electrons. The fraction of sp³-hybridized carbons (Fsp3) is 0.471. The Labute approximate surface area is 149 Å². The first-order valence-corrected chi connectivity index (χ1v) is 9.00. The first-order valence-electron chi connectivity index (χ1n) is 8.21. The fourth-order valence-corrected chi connectivity index (χ4v) is 3.80. The van der Waals surface area contributed by atoms with E-state index >= 15 is 0 Å². The van der Waals surface area contributed by atoms with Crippen LogP contribution in [0.1, 0.15) is 32.1 Å². The van der Waals surface area contributed by atoms with E-state index in [1.165, 1.54) is 0 Å². The van der Waals surface area contributed by atoms with Crippen LogP contribution in [-0.2, 0) is 14.4 Å². The Bertz CT molecular complexity index is 658. The van der Waals surface area contributed by atoms with Crippen LogP contribution >= 0.6 is 15.9 Å². The minimum Gasteiger partial charge on any atom is -0.310 e. The smallest absolute Gasteiger partial charge is 0.243 e. The number of nitrogens with one attached hydrogen (secondary N) is 2. The largest absolute Gasteiger partial charge is 0.310 e. The standard InChI is InChI=1S/C17H20BrN3O3/c18-13-7-3-4-8-14(13)21-10-12(9-15(21)22)17(24)20-19-16(23)11-5-1-2-6-11/h3-4,7-8,11-12H,1-2,5-6,9-10H2,(H,19,23)(H,20,24)/t12-/m1/s1. The van der Waals surface area contributed by atoms with Gasteiger partial charge in [0.05, 0.1) is 11.6 Å². The van der Waals surface area contributed by atoms with Crippen LogP contribution in [0.25, 0.3) is 0 Å². The Balaban J connectivity index is 1.56. The zero-order valence-corrected chi connectivity index (χ0v) is 14.8. The van der Waals surface area contributed by atoms with Crippen LogP contribution in [0.3, 0.4) is 0 Å². The number of nitrogens with zero attached hydrogens (tertiary/aromatic N) is 1. The molecule has 0 unspecified atom stereocenters. The van der Waals surface area contributed by atoms with Crippen LogP contribution < -0.4 is 15.8 Å². The molecular weight excluding hydrogens is 374 g/mol. The molecule has 1 aromatic rings. The molecule has 0 aromatic heterocycles. The molecule has 24 heavy (non-hydrogen) atoms. The molecule has 1 saturated heterocycles. The summed E-state index contributed by atoms with van der Waals surface area (Å²) in [6.07, 6.45) is 4.01. The van der Waals surface area contributed by atoms with Crippen molar-refractivity contribution in [1.29, 1.82) is 0 Å². The summed E-state index contributed by atoms with van der Waals surface area (Å²) in [6, 6.07) is 7.42. The molecular formula is C17H20BrN3O3. The Morgan fingerprint density at radius 3 is 2.33 bits per heavy atom. The number of carbonyl (C=O) groups is 3. The molecule has 1 saturated carbocycles. The molecule has 2 fully saturated rings. The number of hydrogen-bond donors (Lipinski definition) is 2. The van der Waals surface area contributed by atoms with E-state index in [9.17, 15) is 14.4 Å². The number of rotatable bonds is 3. The van der Waals surface area contributed by atoms with Gasteiger partial charge in [-0.1, -0.05) is 25.0 Å². The molecule has 1 aliphatic heterocycles. The third kappa shape index (κ3) is 3.61. The maximum absolute atomic E-state index is 12.3. The van der Waals surface area contributed by atoms with Crippen molar-refractivity contribution in [2.45, 2.75) is 32.1 Å². The third-order valence-corrected chi connectivity index (χ3v) is 5.34. The van der Waals surface area contributed by atoms with Crippen LogP contribution in [-0.4, -0.2) is 24.3 Å². The second-order valence-corrected chi connectivity index (χ2v) is 7.17. The molecule has 1 heterocycles. The van der Waals surface area contributed by atoms with Gasteiger partial charge in [0.25, 0.3) is 0 Å². The average Bonchev–Trinajstić information content (AvgIpc) is 3.23. The monoisotopic (exact) mass is 393 g/mol. The fourth-order valence-electron chi connectivity index (χ4n) is 3.30. The minimum atomic E-state index is -0.464. The Morgan fingerprint density at radius 2 is 1.67 bits per heavy atom. The average molecular weight is 394 g/mol. The Hall–Kier alpha value is -1.89. The van der Waals surface area contributed by atoms with Gasteiger partial charge in [0.2, 0.25) is 17.7 Å². The SMILES string of the molecule is O=C(NNC(=O)[C@@H]1CC(=O)N(c2ccccc2Br)C1)C1CCCC1. The molecule has 3 amide bonds. The number of hydrazine groups is 1. The molecule has 3 rings (SSSR count). The van der Waals surface area contributed by atoms with E-state index in [1.807, 2.05) is 24.3 Å². The Morgan fingerprint density at radius 1 is 1.04 bits per heavy atom. The number of anilines is 1. The summed E-state index contributed by atoms with van der Waals surface area (Å²) in [4.78, 5) is 38.0. The van der Waals surface area contributed by atoms with E-state index in [0.717, 1.165) is 35.8 Å². The van der Waals surface area contributed by atoms with Crippen molar-refractivity contribution in [3.05, 3.63) is 28.7 Å². The van der Waals surface area contributed by atoms with Gasteiger partial charge in [-0.05, 0) is 40.9 Å². The van der Waals surface area contributed by atoms with Gasteiger partial charge in [0.15, 0.2) is 0 Å². The molecule has 1 aromatic carbocycles. The number of carbonyl (C=O) groups excluding carboxylic acids is 3. The van der Waals surface area contributed by atoms with Crippen molar-refractivity contribution in [2.75, 3.05) is 11.4 Å². The van der Waals surface area contributed by atoms with Crippen LogP contribution in [0.15, 0.2) is 28.7 Å². The highest BCUT2D eigenvalue weighted by atomic mass is 79.9. The molecule has 1 aliphatic carbocycles. The van der Waals surface area contributed by atoms with E-state index in [2.05, 4.69) is 26.8 Å². The lowest BCUT2D eigenvalue weighted by Gasteiger charge is -2.18. The van der Waals surface area contributed by atoms with Gasteiger partial charge >= 0.3 is 0 Å². The topological polar surface area (TPSA) is 78.5 Å². The first kappa shape index (κ1) is 17.0. The lowest BCUT2D eigenvalue weighted by Crippen LogP contribution is -2.47. The van der Waals surface area contributed by atoms with Gasteiger partial charge in [-0.15, -0.1) is 0 Å². The molecule has 0 spiro atoms. The predicted octanol–water partition coefficient (Wildman–Crippen LogP) is 2.14. The first-order chi connectivity index (χ1) is 11.6. The lowest BCUT2D eigenvalue weighted by molar-refractivity contribution is -0.133.